The molecule has 0 amide bonds. The SMILES string of the molecule is CC[C@H]1OC(=O)[C@H](C)[C@@H](OC2CC(C)(OC(C)=O)C(OC(C)=O)C(C)O2)[C@H](C)[C@@H](OC2OC(C)CC(N(C)C)C2O)[C@](C)(O)C[C@@H](C)C(=O)[C@H](C)[C@@H](O)[C@H]1C. The van der Waals surface area contributed by atoms with Crippen molar-refractivity contribution in [2.45, 2.75) is 187 Å². The van der Waals surface area contributed by atoms with Crippen LogP contribution < -0.4 is 0 Å². The maximum atomic E-state index is 14.2. The molecule has 318 valence electrons. The van der Waals surface area contributed by atoms with Crippen molar-refractivity contribution >= 4 is 23.7 Å². The van der Waals surface area contributed by atoms with Gasteiger partial charge in [0.1, 0.15) is 18.0 Å². The minimum atomic E-state index is -1.79. The Hall–Kier alpha value is -2.24. The number of Topliss-reactive ketones (excluding diaryl/α,β-unsaturated/α-hetero) is 1. The number of likely N-dealkylation sites (N-methyl/N-ethyl adjacent to an activating group) is 1. The second-order valence-corrected chi connectivity index (χ2v) is 17.2. The van der Waals surface area contributed by atoms with Crippen LogP contribution in [-0.2, 0) is 52.3 Å². The molecular weight excluding hydrogens is 718 g/mol. The third-order valence-electron chi connectivity index (χ3n) is 11.9. The largest absolute Gasteiger partial charge is 0.462 e. The Bertz CT molecular complexity index is 1330. The van der Waals surface area contributed by atoms with E-state index in [4.69, 9.17) is 33.2 Å². The maximum Gasteiger partial charge on any atom is 0.311 e. The number of carbonyl (C=O) groups is 4. The monoisotopic (exact) mass is 787 g/mol. The van der Waals surface area contributed by atoms with E-state index in [9.17, 15) is 34.5 Å². The van der Waals surface area contributed by atoms with Crippen molar-refractivity contribution in [2.24, 2.45) is 29.6 Å². The Morgan fingerprint density at radius 1 is 0.855 bits per heavy atom. The summed E-state index contributed by atoms with van der Waals surface area (Å²) in [7, 11) is 3.68. The van der Waals surface area contributed by atoms with Crippen LogP contribution in [0.5, 0.6) is 0 Å². The average molecular weight is 788 g/mol. The van der Waals surface area contributed by atoms with Gasteiger partial charge in [-0.25, -0.2) is 0 Å². The number of hydrogen-bond acceptors (Lipinski definition) is 15. The van der Waals surface area contributed by atoms with E-state index in [0.29, 0.717) is 12.8 Å². The van der Waals surface area contributed by atoms with E-state index < -0.39 is 114 Å². The minimum absolute atomic E-state index is 0.0987. The second kappa shape index (κ2) is 19.0. The molecule has 18 atom stereocenters. The highest BCUT2D eigenvalue weighted by atomic mass is 16.7. The van der Waals surface area contributed by atoms with Crippen LogP contribution in [0.2, 0.25) is 0 Å². The fourth-order valence-corrected chi connectivity index (χ4v) is 8.97. The van der Waals surface area contributed by atoms with E-state index >= 15 is 0 Å². The molecule has 55 heavy (non-hydrogen) atoms. The van der Waals surface area contributed by atoms with Gasteiger partial charge in [-0.1, -0.05) is 34.6 Å². The summed E-state index contributed by atoms with van der Waals surface area (Å²) >= 11 is 0. The molecule has 0 radical (unpaired) electrons. The third-order valence-corrected chi connectivity index (χ3v) is 11.9. The van der Waals surface area contributed by atoms with Gasteiger partial charge in [-0.3, -0.25) is 19.2 Å². The van der Waals surface area contributed by atoms with Crippen LogP contribution in [-0.4, -0.2) is 137 Å². The van der Waals surface area contributed by atoms with E-state index in [1.165, 1.54) is 20.8 Å². The molecule has 8 unspecified atom stereocenters. The molecular formula is C40H69NO14. The topological polar surface area (TPSA) is 197 Å². The first kappa shape index (κ1) is 47.1. The number of hydrogen-bond donors (Lipinski definition) is 3. The number of ketones is 1. The first-order chi connectivity index (χ1) is 25.3. The standard InChI is InChI=1S/C40H69NO14/c1-15-29-21(4)32(45)22(5)31(44)19(2)17-39(11,48)35(54-38-33(46)28(41(13)14)16-20(3)49-38)23(6)34(24(7)37(47)52-29)53-30-18-40(12,55-27(10)43)36(25(8)50-30)51-26(9)42/h19-25,28-30,32-36,38,45-46,48H,15-18H2,1-14H3/t19-,20?,21+,22+,23+,24-,25?,28?,29-,30?,32+,33?,34+,35-,36?,38?,39-,40?/m1/s1. The molecule has 0 aromatic carbocycles. The molecule has 15 heteroatoms. The lowest BCUT2D eigenvalue weighted by Gasteiger charge is -2.49. The van der Waals surface area contributed by atoms with Crippen molar-refractivity contribution in [1.82, 2.24) is 4.90 Å². The van der Waals surface area contributed by atoms with Crippen molar-refractivity contribution in [3.05, 3.63) is 0 Å². The van der Waals surface area contributed by atoms with Gasteiger partial charge in [0.25, 0.3) is 0 Å². The van der Waals surface area contributed by atoms with Crippen molar-refractivity contribution < 1.29 is 67.7 Å². The number of ether oxygens (including phenoxy) is 7. The molecule has 3 N–H and O–H groups in total. The van der Waals surface area contributed by atoms with E-state index in [1.54, 1.807) is 48.5 Å². The highest BCUT2D eigenvalue weighted by Gasteiger charge is 2.54. The van der Waals surface area contributed by atoms with Crippen molar-refractivity contribution in [3.8, 4) is 0 Å². The van der Waals surface area contributed by atoms with Gasteiger partial charge in [0.15, 0.2) is 24.3 Å². The average Bonchev–Trinajstić information content (AvgIpc) is 3.07. The summed E-state index contributed by atoms with van der Waals surface area (Å²) in [5.74, 6) is -6.25. The molecule has 0 spiro atoms. The van der Waals surface area contributed by atoms with Gasteiger partial charge in [-0.05, 0) is 68.0 Å². The summed E-state index contributed by atoms with van der Waals surface area (Å²) in [6.45, 7) is 19.4. The van der Waals surface area contributed by atoms with Gasteiger partial charge in [-0.15, -0.1) is 0 Å². The van der Waals surface area contributed by atoms with Crippen molar-refractivity contribution in [1.29, 1.82) is 0 Å². The van der Waals surface area contributed by atoms with E-state index in [1.807, 2.05) is 32.8 Å². The molecule has 0 aromatic heterocycles. The number of nitrogens with zero attached hydrogens (tertiary/aromatic N) is 1. The maximum absolute atomic E-state index is 14.2. The van der Waals surface area contributed by atoms with Crippen LogP contribution in [0.25, 0.3) is 0 Å². The first-order valence-corrected chi connectivity index (χ1v) is 19.8. The van der Waals surface area contributed by atoms with Crippen LogP contribution in [0.3, 0.4) is 0 Å². The summed E-state index contributed by atoms with van der Waals surface area (Å²) in [5.41, 5.74) is -3.19. The molecule has 0 aromatic rings. The lowest BCUT2D eigenvalue weighted by atomic mass is 9.74. The summed E-state index contributed by atoms with van der Waals surface area (Å²) in [6, 6.07) is -0.342. The summed E-state index contributed by atoms with van der Waals surface area (Å²) < 4.78 is 43.1. The van der Waals surface area contributed by atoms with Crippen LogP contribution >= 0.6 is 0 Å². The van der Waals surface area contributed by atoms with E-state index in [-0.39, 0.29) is 30.8 Å². The van der Waals surface area contributed by atoms with Gasteiger partial charge in [0, 0.05) is 50.0 Å². The van der Waals surface area contributed by atoms with Gasteiger partial charge < -0.3 is 53.4 Å². The highest BCUT2D eigenvalue weighted by molar-refractivity contribution is 5.83. The molecule has 3 rings (SSSR count). The molecule has 3 aliphatic rings. The number of aliphatic hydroxyl groups excluding tert-OH is 2. The molecule has 0 saturated carbocycles. The number of rotatable bonds is 8. The van der Waals surface area contributed by atoms with Crippen LogP contribution in [0.4, 0.5) is 0 Å². The smallest absolute Gasteiger partial charge is 0.311 e. The van der Waals surface area contributed by atoms with Gasteiger partial charge >= 0.3 is 17.9 Å². The summed E-state index contributed by atoms with van der Waals surface area (Å²) in [5, 5.41) is 35.4. The van der Waals surface area contributed by atoms with Gasteiger partial charge in [0.05, 0.1) is 42.0 Å². The third kappa shape index (κ3) is 11.2. The lowest BCUT2D eigenvalue weighted by Crippen LogP contribution is -2.61. The number of esters is 3. The van der Waals surface area contributed by atoms with E-state index in [0.717, 1.165) is 0 Å². The minimum Gasteiger partial charge on any atom is -0.462 e. The van der Waals surface area contributed by atoms with E-state index in [2.05, 4.69) is 0 Å². The molecule has 3 fully saturated rings. The zero-order valence-corrected chi connectivity index (χ0v) is 35.3. The predicted molar refractivity (Wildman–Crippen MR) is 199 cm³/mol. The zero-order valence-electron chi connectivity index (χ0n) is 35.3. The normalized spacial score (nSPS) is 45.3. The fourth-order valence-electron chi connectivity index (χ4n) is 8.97. The first-order valence-electron chi connectivity index (χ1n) is 19.8. The Morgan fingerprint density at radius 2 is 1.47 bits per heavy atom. The second-order valence-electron chi connectivity index (χ2n) is 17.2. The lowest BCUT2D eigenvalue weighted by molar-refractivity contribution is -0.317. The number of cyclic esters (lactones) is 1. The number of carbonyl (C=O) groups excluding carboxylic acids is 4. The van der Waals surface area contributed by atoms with Gasteiger partial charge in [0.2, 0.25) is 0 Å². The zero-order chi connectivity index (χ0) is 41.9. The Balaban J connectivity index is 2.19. The summed E-state index contributed by atoms with van der Waals surface area (Å²) in [6.07, 6.45) is -9.16. The predicted octanol–water partition coefficient (Wildman–Crippen LogP) is 3.16. The van der Waals surface area contributed by atoms with Crippen LogP contribution in [0.15, 0.2) is 0 Å². The molecule has 0 bridgehead atoms. The van der Waals surface area contributed by atoms with Crippen LogP contribution in [0, 0.1) is 29.6 Å². The molecule has 3 heterocycles. The van der Waals surface area contributed by atoms with Crippen molar-refractivity contribution in [2.75, 3.05) is 14.1 Å². The van der Waals surface area contributed by atoms with Crippen molar-refractivity contribution in [3.63, 3.8) is 0 Å². The highest BCUT2D eigenvalue weighted by Crippen LogP contribution is 2.41. The number of aliphatic hydroxyl groups is 3. The quantitative estimate of drug-likeness (QED) is 0.240. The molecule has 3 aliphatic heterocycles. The summed E-state index contributed by atoms with van der Waals surface area (Å²) in [4.78, 5) is 54.3. The van der Waals surface area contributed by atoms with Crippen LogP contribution in [0.1, 0.15) is 109 Å². The Kier molecular flexibility index (Phi) is 16.3. The Labute approximate surface area is 327 Å². The van der Waals surface area contributed by atoms with Gasteiger partial charge in [-0.2, -0.15) is 0 Å². The molecule has 0 aliphatic carbocycles. The fraction of sp³-hybridized carbons (Fsp3) is 0.900. The molecule has 15 nitrogen and oxygen atoms in total. The molecule has 3 saturated heterocycles. The Morgan fingerprint density at radius 3 is 2.02 bits per heavy atom.